The second-order valence-corrected chi connectivity index (χ2v) is 5.69. The van der Waals surface area contributed by atoms with Crippen molar-refractivity contribution in [3.8, 4) is 5.75 Å². The fourth-order valence-electron chi connectivity index (χ4n) is 2.35. The molecule has 0 fully saturated rings. The molecule has 4 heteroatoms. The maximum atomic E-state index is 12.5. The third-order valence-corrected chi connectivity index (χ3v) is 4.15. The Labute approximate surface area is 125 Å². The molecule has 0 unspecified atom stereocenters. The van der Waals surface area contributed by atoms with E-state index in [1.165, 1.54) is 0 Å². The zero-order valence-electron chi connectivity index (χ0n) is 10.9. The van der Waals surface area contributed by atoms with Crippen LogP contribution in [-0.2, 0) is 6.42 Å². The fraction of sp³-hybridized carbons (Fsp3) is 0.188. The van der Waals surface area contributed by atoms with Gasteiger partial charge in [-0.15, -0.1) is 0 Å². The Kier molecular flexibility index (Phi) is 3.49. The van der Waals surface area contributed by atoms with Gasteiger partial charge in [0.1, 0.15) is 5.75 Å². The monoisotopic (exact) mass is 331 g/mol. The average Bonchev–Trinajstić information content (AvgIpc) is 2.49. The van der Waals surface area contributed by atoms with Crippen LogP contribution in [-0.4, -0.2) is 12.4 Å². The van der Waals surface area contributed by atoms with Crippen LogP contribution in [0.4, 0.5) is 5.69 Å². The highest BCUT2D eigenvalue weighted by molar-refractivity contribution is 9.10. The lowest BCUT2D eigenvalue weighted by Gasteiger charge is -2.17. The number of nitrogen functional groups attached to an aromatic ring is 1. The van der Waals surface area contributed by atoms with Crippen molar-refractivity contribution >= 4 is 27.4 Å². The van der Waals surface area contributed by atoms with Crippen molar-refractivity contribution in [2.75, 3.05) is 12.3 Å². The summed E-state index contributed by atoms with van der Waals surface area (Å²) in [5.41, 5.74) is 8.78. The number of benzene rings is 2. The van der Waals surface area contributed by atoms with Gasteiger partial charge in [-0.3, -0.25) is 4.79 Å². The molecule has 0 spiro atoms. The van der Waals surface area contributed by atoms with Gasteiger partial charge in [-0.1, -0.05) is 0 Å². The van der Waals surface area contributed by atoms with Crippen LogP contribution in [0.5, 0.6) is 5.75 Å². The van der Waals surface area contributed by atoms with E-state index in [1.54, 1.807) is 18.2 Å². The van der Waals surface area contributed by atoms with E-state index < -0.39 is 0 Å². The molecule has 0 aliphatic carbocycles. The molecule has 0 atom stereocenters. The summed E-state index contributed by atoms with van der Waals surface area (Å²) in [5.74, 6) is 0.876. The van der Waals surface area contributed by atoms with E-state index >= 15 is 0 Å². The molecule has 0 saturated carbocycles. The smallest absolute Gasteiger partial charge is 0.193 e. The number of ketones is 1. The molecule has 2 aromatic rings. The van der Waals surface area contributed by atoms with Gasteiger partial charge in [0, 0.05) is 21.3 Å². The van der Waals surface area contributed by atoms with E-state index in [0.29, 0.717) is 16.8 Å². The molecule has 2 aromatic carbocycles. The number of nitrogens with two attached hydrogens (primary N) is 1. The van der Waals surface area contributed by atoms with Gasteiger partial charge >= 0.3 is 0 Å². The summed E-state index contributed by atoms with van der Waals surface area (Å²) >= 11 is 3.33. The minimum absolute atomic E-state index is 0.0161. The molecule has 3 nitrogen and oxygen atoms in total. The summed E-state index contributed by atoms with van der Waals surface area (Å²) in [6.07, 6.45) is 1.95. The third-order valence-electron chi connectivity index (χ3n) is 3.43. The molecule has 0 radical (unpaired) electrons. The van der Waals surface area contributed by atoms with E-state index in [4.69, 9.17) is 10.5 Å². The van der Waals surface area contributed by atoms with Crippen LogP contribution in [0.3, 0.4) is 0 Å². The minimum Gasteiger partial charge on any atom is -0.493 e. The predicted octanol–water partition coefficient (Wildman–Crippen LogP) is 3.59. The summed E-state index contributed by atoms with van der Waals surface area (Å²) in [6, 6.07) is 10.9. The molecule has 0 saturated heterocycles. The Balaban J connectivity index is 1.95. The zero-order chi connectivity index (χ0) is 14.1. The van der Waals surface area contributed by atoms with Gasteiger partial charge in [0.05, 0.1) is 6.61 Å². The zero-order valence-corrected chi connectivity index (χ0v) is 12.4. The molecule has 0 bridgehead atoms. The number of rotatable bonds is 2. The standard InChI is InChI=1S/C16H14BrNO2/c17-13-5-3-12(9-14(13)18)16(19)11-4-6-15-10(8-11)2-1-7-20-15/h3-6,8-9H,1-2,7,18H2. The maximum absolute atomic E-state index is 12.5. The van der Waals surface area contributed by atoms with Gasteiger partial charge in [0.15, 0.2) is 5.78 Å². The Bertz CT molecular complexity index is 682. The van der Waals surface area contributed by atoms with Crippen LogP contribution in [0.25, 0.3) is 0 Å². The fourth-order valence-corrected chi connectivity index (χ4v) is 2.60. The Hall–Kier alpha value is -1.81. The van der Waals surface area contributed by atoms with Crippen LogP contribution in [0.15, 0.2) is 40.9 Å². The third kappa shape index (κ3) is 2.43. The number of aryl methyl sites for hydroxylation is 1. The van der Waals surface area contributed by atoms with Crippen LogP contribution in [0.2, 0.25) is 0 Å². The molecular weight excluding hydrogens is 318 g/mol. The summed E-state index contributed by atoms with van der Waals surface area (Å²) in [7, 11) is 0. The highest BCUT2D eigenvalue weighted by atomic mass is 79.9. The summed E-state index contributed by atoms with van der Waals surface area (Å²) in [4.78, 5) is 12.5. The number of anilines is 1. The molecule has 3 rings (SSSR count). The SMILES string of the molecule is Nc1cc(C(=O)c2ccc3c(c2)CCCO3)ccc1Br. The topological polar surface area (TPSA) is 52.3 Å². The molecule has 1 heterocycles. The van der Waals surface area contributed by atoms with Crippen LogP contribution in [0, 0.1) is 0 Å². The first-order valence-electron chi connectivity index (χ1n) is 6.50. The Morgan fingerprint density at radius 3 is 2.70 bits per heavy atom. The average molecular weight is 332 g/mol. The lowest BCUT2D eigenvalue weighted by molar-refractivity contribution is 0.103. The molecule has 102 valence electrons. The van der Waals surface area contributed by atoms with Crippen molar-refractivity contribution in [1.82, 2.24) is 0 Å². The first-order valence-corrected chi connectivity index (χ1v) is 7.30. The van der Waals surface area contributed by atoms with E-state index in [0.717, 1.165) is 35.2 Å². The molecule has 0 aromatic heterocycles. The second kappa shape index (κ2) is 5.29. The molecule has 0 amide bonds. The van der Waals surface area contributed by atoms with Crippen molar-refractivity contribution in [2.45, 2.75) is 12.8 Å². The van der Waals surface area contributed by atoms with Gasteiger partial charge in [-0.05, 0) is 70.7 Å². The number of carbonyl (C=O) groups is 1. The second-order valence-electron chi connectivity index (χ2n) is 4.84. The van der Waals surface area contributed by atoms with E-state index in [9.17, 15) is 4.79 Å². The number of hydrogen-bond donors (Lipinski definition) is 1. The van der Waals surface area contributed by atoms with Gasteiger partial charge in [-0.2, -0.15) is 0 Å². The summed E-state index contributed by atoms with van der Waals surface area (Å²) < 4.78 is 6.36. The largest absolute Gasteiger partial charge is 0.493 e. The van der Waals surface area contributed by atoms with Crippen molar-refractivity contribution in [1.29, 1.82) is 0 Å². The van der Waals surface area contributed by atoms with Crippen molar-refractivity contribution in [3.05, 3.63) is 57.6 Å². The predicted molar refractivity (Wildman–Crippen MR) is 82.2 cm³/mol. The van der Waals surface area contributed by atoms with Gasteiger partial charge in [-0.25, -0.2) is 0 Å². The molecule has 1 aliphatic heterocycles. The highest BCUT2D eigenvalue weighted by Gasteiger charge is 2.15. The number of hydrogen-bond acceptors (Lipinski definition) is 3. The van der Waals surface area contributed by atoms with Crippen molar-refractivity contribution < 1.29 is 9.53 Å². The quantitative estimate of drug-likeness (QED) is 0.675. The lowest BCUT2D eigenvalue weighted by Crippen LogP contribution is -2.10. The normalized spacial score (nSPS) is 13.4. The van der Waals surface area contributed by atoms with Gasteiger partial charge < -0.3 is 10.5 Å². The Morgan fingerprint density at radius 2 is 1.90 bits per heavy atom. The molecule has 1 aliphatic rings. The maximum Gasteiger partial charge on any atom is 0.193 e. The van der Waals surface area contributed by atoms with Crippen LogP contribution < -0.4 is 10.5 Å². The van der Waals surface area contributed by atoms with E-state index in [2.05, 4.69) is 15.9 Å². The first kappa shape index (κ1) is 13.2. The summed E-state index contributed by atoms with van der Waals surface area (Å²) in [6.45, 7) is 0.754. The number of fused-ring (bicyclic) bond motifs is 1. The Morgan fingerprint density at radius 1 is 1.15 bits per heavy atom. The number of halogens is 1. The summed E-state index contributed by atoms with van der Waals surface area (Å²) in [5, 5.41) is 0. The van der Waals surface area contributed by atoms with Crippen LogP contribution >= 0.6 is 15.9 Å². The highest BCUT2D eigenvalue weighted by Crippen LogP contribution is 2.27. The molecule has 2 N–H and O–H groups in total. The van der Waals surface area contributed by atoms with Crippen molar-refractivity contribution in [3.63, 3.8) is 0 Å². The number of carbonyl (C=O) groups excluding carboxylic acids is 1. The van der Waals surface area contributed by atoms with Crippen LogP contribution in [0.1, 0.15) is 27.9 Å². The number of ether oxygens (including phenoxy) is 1. The van der Waals surface area contributed by atoms with E-state index in [1.807, 2.05) is 18.2 Å². The lowest BCUT2D eigenvalue weighted by atomic mass is 9.98. The minimum atomic E-state index is -0.0161. The van der Waals surface area contributed by atoms with Gasteiger partial charge in [0.25, 0.3) is 0 Å². The van der Waals surface area contributed by atoms with Crippen molar-refractivity contribution in [2.24, 2.45) is 0 Å². The van der Waals surface area contributed by atoms with Gasteiger partial charge in [0.2, 0.25) is 0 Å². The molecule has 20 heavy (non-hydrogen) atoms. The molecular formula is C16H14BrNO2. The first-order chi connectivity index (χ1) is 9.65. The van der Waals surface area contributed by atoms with E-state index in [-0.39, 0.29) is 5.78 Å².